The number of rotatable bonds is 4. The van der Waals surface area contributed by atoms with Gasteiger partial charge in [-0.3, -0.25) is 9.59 Å². The van der Waals surface area contributed by atoms with Crippen molar-refractivity contribution >= 4 is 11.9 Å². The van der Waals surface area contributed by atoms with Gasteiger partial charge in [-0.2, -0.15) is 13.2 Å². The van der Waals surface area contributed by atoms with Crippen LogP contribution in [0, 0.1) is 5.41 Å². The minimum absolute atomic E-state index is 0.522. The van der Waals surface area contributed by atoms with Crippen LogP contribution in [0.4, 0.5) is 13.2 Å². The number of aliphatic carboxylic acids is 1. The molecule has 1 N–H and O–H groups in total. The van der Waals surface area contributed by atoms with Crippen molar-refractivity contribution in [2.24, 2.45) is 5.41 Å². The van der Waals surface area contributed by atoms with E-state index in [0.717, 1.165) is 13.8 Å². The van der Waals surface area contributed by atoms with Gasteiger partial charge in [0.15, 0.2) is 0 Å². The number of hydrogen-bond acceptors (Lipinski definition) is 2. The molecule has 0 radical (unpaired) electrons. The highest BCUT2D eigenvalue weighted by Gasteiger charge is 2.43. The number of carboxylic acid groups (broad SMARTS) is 1. The first-order chi connectivity index (χ1) is 7.39. The van der Waals surface area contributed by atoms with Crippen molar-refractivity contribution in [1.29, 1.82) is 0 Å². The molecule has 0 atom stereocenters. The van der Waals surface area contributed by atoms with Gasteiger partial charge in [0.25, 0.3) is 0 Å². The molecule has 17 heavy (non-hydrogen) atoms. The van der Waals surface area contributed by atoms with Gasteiger partial charge in [-0.05, 0) is 27.7 Å². The molecule has 0 spiro atoms. The van der Waals surface area contributed by atoms with E-state index in [2.05, 4.69) is 0 Å². The summed E-state index contributed by atoms with van der Waals surface area (Å²) >= 11 is 0. The predicted molar refractivity (Wildman–Crippen MR) is 54.3 cm³/mol. The van der Waals surface area contributed by atoms with E-state index in [0.29, 0.717) is 4.90 Å². The summed E-state index contributed by atoms with van der Waals surface area (Å²) in [7, 11) is 0. The molecule has 0 aliphatic carbocycles. The van der Waals surface area contributed by atoms with Crippen molar-refractivity contribution in [3.05, 3.63) is 0 Å². The molecule has 1 amide bonds. The first kappa shape index (κ1) is 15.7. The molecule has 0 aliphatic heterocycles. The third kappa shape index (κ3) is 4.24. The second-order valence-corrected chi connectivity index (χ2v) is 4.57. The summed E-state index contributed by atoms with van der Waals surface area (Å²) in [5, 5.41) is 8.81. The zero-order valence-electron chi connectivity index (χ0n) is 10.1. The lowest BCUT2D eigenvalue weighted by atomic mass is 9.91. The zero-order chi connectivity index (χ0) is 14.0. The molecule has 0 heterocycles. The molecule has 7 heteroatoms. The normalized spacial score (nSPS) is 12.7. The lowest BCUT2D eigenvalue weighted by Crippen LogP contribution is -2.51. The Morgan fingerprint density at radius 2 is 1.65 bits per heavy atom. The number of alkyl halides is 3. The summed E-state index contributed by atoms with van der Waals surface area (Å²) in [5.74, 6) is -2.49. The fraction of sp³-hybridized carbons (Fsp3) is 0.800. The number of carbonyl (C=O) groups excluding carboxylic acids is 1. The monoisotopic (exact) mass is 255 g/mol. The van der Waals surface area contributed by atoms with Crippen molar-refractivity contribution in [3.63, 3.8) is 0 Å². The summed E-state index contributed by atoms with van der Waals surface area (Å²) < 4.78 is 36.8. The lowest BCUT2D eigenvalue weighted by Gasteiger charge is -2.32. The Morgan fingerprint density at radius 3 is 1.88 bits per heavy atom. The minimum atomic E-state index is -4.55. The molecule has 0 fully saturated rings. The summed E-state index contributed by atoms with van der Waals surface area (Å²) in [6.45, 7) is 3.54. The van der Waals surface area contributed by atoms with Gasteiger partial charge < -0.3 is 10.0 Å². The van der Waals surface area contributed by atoms with Gasteiger partial charge in [0.05, 0.1) is 0 Å². The average Bonchev–Trinajstić information content (AvgIpc) is 2.10. The van der Waals surface area contributed by atoms with Crippen LogP contribution >= 0.6 is 0 Å². The van der Waals surface area contributed by atoms with Crippen LogP contribution < -0.4 is 0 Å². The molecule has 0 aliphatic rings. The highest BCUT2D eigenvalue weighted by Crippen LogP contribution is 2.25. The van der Waals surface area contributed by atoms with Gasteiger partial charge in [0.1, 0.15) is 12.0 Å². The van der Waals surface area contributed by atoms with E-state index in [1.807, 2.05) is 0 Å². The Bertz CT molecular complexity index is 310. The van der Waals surface area contributed by atoms with Gasteiger partial charge in [0.2, 0.25) is 5.91 Å². The molecule has 0 aromatic rings. The highest BCUT2D eigenvalue weighted by molar-refractivity contribution is 6.01. The van der Waals surface area contributed by atoms with E-state index in [9.17, 15) is 22.8 Å². The molecule has 0 bridgehead atoms. The molecular weight excluding hydrogens is 239 g/mol. The summed E-state index contributed by atoms with van der Waals surface area (Å²) in [5.41, 5.74) is -1.87. The van der Waals surface area contributed by atoms with Crippen LogP contribution in [0.2, 0.25) is 0 Å². The molecule has 100 valence electrons. The molecule has 0 saturated heterocycles. The third-order valence-corrected chi connectivity index (χ3v) is 2.30. The van der Waals surface area contributed by atoms with Gasteiger partial charge >= 0.3 is 12.1 Å². The number of hydrogen-bond donors (Lipinski definition) is 1. The van der Waals surface area contributed by atoms with Crippen LogP contribution in [0.15, 0.2) is 0 Å². The fourth-order valence-electron chi connectivity index (χ4n) is 1.13. The van der Waals surface area contributed by atoms with E-state index >= 15 is 0 Å². The topological polar surface area (TPSA) is 57.6 Å². The van der Waals surface area contributed by atoms with E-state index in [-0.39, 0.29) is 0 Å². The van der Waals surface area contributed by atoms with Gasteiger partial charge in [0, 0.05) is 6.04 Å². The van der Waals surface area contributed by atoms with Gasteiger partial charge in [-0.1, -0.05) is 0 Å². The number of halogens is 3. The summed E-state index contributed by atoms with van der Waals surface area (Å²) in [4.78, 5) is 23.1. The van der Waals surface area contributed by atoms with Gasteiger partial charge in [-0.25, -0.2) is 0 Å². The predicted octanol–water partition coefficient (Wildman–Crippen LogP) is 1.90. The number of carboxylic acids is 1. The maximum absolute atomic E-state index is 12.3. The first-order valence-electron chi connectivity index (χ1n) is 5.01. The van der Waals surface area contributed by atoms with E-state index < -0.39 is 36.1 Å². The Hall–Kier alpha value is -1.27. The fourth-order valence-corrected chi connectivity index (χ4v) is 1.13. The molecule has 0 aromatic carbocycles. The average molecular weight is 255 g/mol. The standard InChI is InChI=1S/C10H16F3NO3/c1-6(2)14(5-10(11,12)13)7(15)9(3,4)8(16)17/h6H,5H2,1-4H3,(H,16,17). The molecule has 0 rings (SSSR count). The molecular formula is C10H16F3NO3. The van der Waals surface area contributed by atoms with E-state index in [1.165, 1.54) is 13.8 Å². The minimum Gasteiger partial charge on any atom is -0.480 e. The molecule has 0 saturated carbocycles. The SMILES string of the molecule is CC(C)N(CC(F)(F)F)C(=O)C(C)(C)C(=O)O. The van der Waals surface area contributed by atoms with Crippen LogP contribution in [0.5, 0.6) is 0 Å². The Balaban J connectivity index is 5.10. The number of nitrogens with zero attached hydrogens (tertiary/aromatic N) is 1. The smallest absolute Gasteiger partial charge is 0.406 e. The maximum Gasteiger partial charge on any atom is 0.406 e. The Morgan fingerprint density at radius 1 is 1.24 bits per heavy atom. The van der Waals surface area contributed by atoms with Crippen molar-refractivity contribution < 1.29 is 27.9 Å². The Kier molecular flexibility index (Phi) is 4.56. The summed E-state index contributed by atoms with van der Waals surface area (Å²) in [6.07, 6.45) is -4.55. The maximum atomic E-state index is 12.3. The molecule has 0 unspecified atom stereocenters. The van der Waals surface area contributed by atoms with E-state index in [1.54, 1.807) is 0 Å². The van der Waals surface area contributed by atoms with Crippen LogP contribution in [0.3, 0.4) is 0 Å². The van der Waals surface area contributed by atoms with Crippen molar-refractivity contribution in [2.75, 3.05) is 6.54 Å². The third-order valence-electron chi connectivity index (χ3n) is 2.30. The number of amides is 1. The highest BCUT2D eigenvalue weighted by atomic mass is 19.4. The van der Waals surface area contributed by atoms with Crippen LogP contribution in [-0.2, 0) is 9.59 Å². The Labute approximate surface area is 97.4 Å². The molecule has 0 aromatic heterocycles. The van der Waals surface area contributed by atoms with Crippen molar-refractivity contribution in [2.45, 2.75) is 39.9 Å². The van der Waals surface area contributed by atoms with Crippen LogP contribution in [0.1, 0.15) is 27.7 Å². The second-order valence-electron chi connectivity index (χ2n) is 4.57. The second kappa shape index (κ2) is 4.93. The molecule has 4 nitrogen and oxygen atoms in total. The van der Waals surface area contributed by atoms with Crippen LogP contribution in [-0.4, -0.2) is 40.6 Å². The number of carbonyl (C=O) groups is 2. The quantitative estimate of drug-likeness (QED) is 0.780. The van der Waals surface area contributed by atoms with Crippen LogP contribution in [0.25, 0.3) is 0 Å². The van der Waals surface area contributed by atoms with Crippen molar-refractivity contribution in [1.82, 2.24) is 4.90 Å². The largest absolute Gasteiger partial charge is 0.480 e. The zero-order valence-corrected chi connectivity index (χ0v) is 10.1. The first-order valence-corrected chi connectivity index (χ1v) is 5.01. The lowest BCUT2D eigenvalue weighted by molar-refractivity contribution is -0.175. The summed E-state index contributed by atoms with van der Waals surface area (Å²) in [6, 6.07) is -0.720. The van der Waals surface area contributed by atoms with Crippen molar-refractivity contribution in [3.8, 4) is 0 Å². The van der Waals surface area contributed by atoms with Gasteiger partial charge in [-0.15, -0.1) is 0 Å². The van der Waals surface area contributed by atoms with E-state index in [4.69, 9.17) is 5.11 Å².